The maximum atomic E-state index is 14.7. The van der Waals surface area contributed by atoms with E-state index in [4.69, 9.17) is 99.8 Å². The van der Waals surface area contributed by atoms with Crippen LogP contribution >= 0.6 is 0 Å². The molecule has 16 N–H and O–H groups in total. The molecule has 8 aliphatic heterocycles. The zero-order chi connectivity index (χ0) is 93.0. The number of hydrogen-bond acceptors (Lipinski definition) is 43. The van der Waals surface area contributed by atoms with Crippen LogP contribution in [-0.4, -0.2) is 384 Å². The van der Waals surface area contributed by atoms with Crippen LogP contribution in [0.5, 0.6) is 0 Å². The molecule has 8 aliphatic rings. The predicted octanol–water partition coefficient (Wildman–Crippen LogP) is -2.39. The number of hydrogen-bond donors (Lipinski definition) is 16. The van der Waals surface area contributed by atoms with Crippen LogP contribution in [0.4, 0.5) is 0 Å². The van der Waals surface area contributed by atoms with E-state index in [-0.39, 0.29) is 31.3 Å². The Bertz CT molecular complexity index is 3340. The summed E-state index contributed by atoms with van der Waals surface area (Å²) in [5, 5.41) is 182. The van der Waals surface area contributed by atoms with E-state index in [0.29, 0.717) is 44.9 Å². The second kappa shape index (κ2) is 50.4. The Morgan fingerprint density at radius 3 is 1.59 bits per heavy atom. The van der Waals surface area contributed by atoms with Gasteiger partial charge in [-0.05, 0) is 87.5 Å². The van der Waals surface area contributed by atoms with Crippen LogP contribution in [0.2, 0.25) is 0 Å². The fourth-order valence-corrected chi connectivity index (χ4v) is 15.1. The van der Waals surface area contributed by atoms with E-state index in [1.807, 2.05) is 6.92 Å². The summed E-state index contributed by atoms with van der Waals surface area (Å²) in [6, 6.07) is 0. The molecule has 728 valence electrons. The van der Waals surface area contributed by atoms with Crippen molar-refractivity contribution in [2.24, 2.45) is 23.7 Å². The summed E-state index contributed by atoms with van der Waals surface area (Å²) in [7, 11) is 0. The minimum absolute atomic E-state index is 0.0636. The van der Waals surface area contributed by atoms with Crippen LogP contribution in [0.3, 0.4) is 0 Å². The molecule has 0 amide bonds. The molecular formula is C83H138O43. The highest BCUT2D eigenvalue weighted by molar-refractivity contribution is 5.88. The van der Waals surface area contributed by atoms with Crippen molar-refractivity contribution in [1.29, 1.82) is 0 Å². The van der Waals surface area contributed by atoms with Gasteiger partial charge in [-0.1, -0.05) is 98.5 Å². The number of carbonyl (C=O) groups is 6. The fourth-order valence-electron chi connectivity index (χ4n) is 15.1. The van der Waals surface area contributed by atoms with Gasteiger partial charge >= 0.3 is 35.8 Å². The van der Waals surface area contributed by atoms with E-state index in [9.17, 15) is 110 Å². The molecule has 0 radical (unpaired) electrons. The van der Waals surface area contributed by atoms with Crippen LogP contribution < -0.4 is 0 Å². The molecule has 0 aromatic rings. The van der Waals surface area contributed by atoms with Crippen molar-refractivity contribution in [3.8, 4) is 0 Å². The number of esters is 6. The second-order valence-electron chi connectivity index (χ2n) is 34.1. The summed E-state index contributed by atoms with van der Waals surface area (Å²) in [6.07, 6.45) is -65.8. The predicted molar refractivity (Wildman–Crippen MR) is 422 cm³/mol. The molecule has 0 spiro atoms. The van der Waals surface area contributed by atoms with Gasteiger partial charge in [-0.25, -0.2) is 14.6 Å². The van der Waals surface area contributed by atoms with Crippen LogP contribution in [0.15, 0.2) is 11.6 Å². The zero-order valence-electron chi connectivity index (χ0n) is 73.6. The van der Waals surface area contributed by atoms with Crippen molar-refractivity contribution in [2.75, 3.05) is 33.0 Å². The molecule has 42 atom stereocenters. The van der Waals surface area contributed by atoms with Gasteiger partial charge in [0.15, 0.2) is 74.4 Å². The van der Waals surface area contributed by atoms with Crippen molar-refractivity contribution in [1.82, 2.24) is 0 Å². The molecular weight excluding hydrogens is 1680 g/mol. The van der Waals surface area contributed by atoms with E-state index >= 15 is 0 Å². The number of aliphatic hydroxyl groups excluding tert-OH is 16. The monoisotopic (exact) mass is 1820 g/mol. The minimum atomic E-state index is -2.49. The van der Waals surface area contributed by atoms with Crippen LogP contribution in [0.25, 0.3) is 0 Å². The van der Waals surface area contributed by atoms with Gasteiger partial charge in [-0.3, -0.25) is 24.0 Å². The highest BCUT2D eigenvalue weighted by Gasteiger charge is 2.62. The summed E-state index contributed by atoms with van der Waals surface area (Å²) in [4.78, 5) is 98.5. The first-order chi connectivity index (χ1) is 59.7. The number of rotatable bonds is 27. The van der Waals surface area contributed by atoms with Crippen LogP contribution in [0.1, 0.15) is 186 Å². The van der Waals surface area contributed by atoms with Gasteiger partial charge in [0, 0.05) is 12.0 Å². The SMILES string of the molecule is C/C=C(\C)C(=O)O[C@H]1[C@H](OC(=O)[C@@H](C)CC)[C@@H](O)[C@@H]2O[C@H]3[C@H](O)[C@@H](COC(=O)[C@H](C)[C@@H](C)O)O[C@@H](OO[C@H]4[C@H](O[C@@H](CCCC)CCCCCCCCCCC(=O)O[C@@H]5[C@@H](OC[C@H]1O2)O[C@@H](CO[C@@H]1O[C@H](CO)[C@@H](O)[C@H](O)[C@H]1O)[C@H](O)[C@H]5O)O[C@H](C)[C@@H](O)[C@@H]4O)[C@@H]3O[C@@H]1O[C@@H](C)[C@H](OC(=O)[C@H](C)[C@@H](C)O)[C@@H](O[C@@H]2O[C@H](CO)[C@@H](O)[C@H](O)[C@H]2O)[C@H]1OC(=O)[C@@H](C)CC. The molecule has 43 nitrogen and oxygen atoms in total. The largest absolute Gasteiger partial charge is 0.463 e. The maximum absolute atomic E-state index is 14.7. The molecule has 4 bridgehead atoms. The first-order valence-corrected chi connectivity index (χ1v) is 44.1. The summed E-state index contributed by atoms with van der Waals surface area (Å²) < 4.78 is 119. The average molecular weight is 1820 g/mol. The van der Waals surface area contributed by atoms with E-state index in [2.05, 4.69) is 0 Å². The number of aliphatic hydroxyl groups is 16. The Labute approximate surface area is 731 Å². The van der Waals surface area contributed by atoms with E-state index in [1.54, 1.807) is 13.8 Å². The summed E-state index contributed by atoms with van der Waals surface area (Å²) in [5.41, 5.74) is -0.0825. The van der Waals surface area contributed by atoms with Crippen molar-refractivity contribution in [3.63, 3.8) is 0 Å². The van der Waals surface area contributed by atoms with E-state index in [0.717, 1.165) is 25.7 Å². The molecule has 0 aromatic carbocycles. The highest BCUT2D eigenvalue weighted by Crippen LogP contribution is 2.42. The van der Waals surface area contributed by atoms with Gasteiger partial charge in [0.2, 0.25) is 6.29 Å². The van der Waals surface area contributed by atoms with Gasteiger partial charge in [0.05, 0.1) is 80.6 Å². The molecule has 8 heterocycles. The molecule has 8 rings (SSSR count). The molecule has 8 fully saturated rings. The molecule has 0 unspecified atom stereocenters. The number of fused-ring (bicyclic) bond motifs is 6. The molecule has 43 heteroatoms. The Morgan fingerprint density at radius 1 is 0.452 bits per heavy atom. The molecule has 8 saturated heterocycles. The Kier molecular flexibility index (Phi) is 42.7. The lowest BCUT2D eigenvalue weighted by Crippen LogP contribution is -2.69. The van der Waals surface area contributed by atoms with Crippen molar-refractivity contribution in [3.05, 3.63) is 11.6 Å². The fraction of sp³-hybridized carbons (Fsp3) is 0.904. The van der Waals surface area contributed by atoms with Gasteiger partial charge in [0.25, 0.3) is 0 Å². The van der Waals surface area contributed by atoms with Crippen molar-refractivity contribution in [2.45, 2.75) is 420 Å². The topological polar surface area (TPSA) is 620 Å². The van der Waals surface area contributed by atoms with Crippen molar-refractivity contribution >= 4 is 35.8 Å². The second-order valence-corrected chi connectivity index (χ2v) is 34.1. The molecule has 126 heavy (non-hydrogen) atoms. The normalized spacial score (nSPS) is 41.6. The number of allylic oxidation sites excluding steroid dienone is 1. The number of carbonyl (C=O) groups excluding carboxylic acids is 6. The van der Waals surface area contributed by atoms with E-state index in [1.165, 1.54) is 75.3 Å². The van der Waals surface area contributed by atoms with Gasteiger partial charge < -0.3 is 172 Å². The lowest BCUT2D eigenvalue weighted by Gasteiger charge is -2.51. The smallest absolute Gasteiger partial charge is 0.333 e. The molecule has 0 aromatic heterocycles. The molecule has 0 aliphatic carbocycles. The number of unbranched alkanes of at least 4 members (excludes halogenated alkanes) is 1. The Morgan fingerprint density at radius 2 is 0.992 bits per heavy atom. The van der Waals surface area contributed by atoms with Gasteiger partial charge in [0.1, 0.15) is 129 Å². The minimum Gasteiger partial charge on any atom is -0.463 e. The average Bonchev–Trinajstić information content (AvgIpc) is 0.755. The Balaban J connectivity index is 1.36. The van der Waals surface area contributed by atoms with Crippen molar-refractivity contribution < 1.29 is 210 Å². The van der Waals surface area contributed by atoms with Crippen LogP contribution in [0, 0.1) is 23.7 Å². The standard InChI is InChI=1S/C83H138O43/c1-14-18-27-44-28-25-23-21-19-20-22-24-26-29-50(88)117-67-59(97)54(92)47(33-107-77-60(98)56(94)52(90)45(30-84)112-77)114-80(67)108-34-49-64(119-72(101)35(5)15-2)66(120-73(102)36(6)16-3)62(100)79(116-49)122-65-55(93)48(32-106-75(104)38(8)40(10)86)115-83(126-125-68-58(96)51(89)42(12)109-81(68)111-44)70(65)124-82-71(121-74(103)37(7)17-4)69(63(43(13)110-82)118-76(105)39(9)41(11)87)123-78-61(99)57(95)53(91)46(31-85)113-78/h15,36-49,51-71,77-87,89-100H,14,16-34H2,1-13H3/b35-15+/t36-,37-,38+,39+,40+,41+,42+,43-,44-,45+,46+,47-,48+,49+,51+,52+,53+,54-,55+,56-,57-,58-,59+,60+,61+,62+,63-,64+,65-,66+,67-,68+,69+,70+,71+,77+,78-,79-,80-,81-,82-,83-/m0/s1. The van der Waals surface area contributed by atoms with Gasteiger partial charge in [-0.15, -0.1) is 0 Å². The lowest BCUT2D eigenvalue weighted by atomic mass is 9.95. The highest BCUT2D eigenvalue weighted by atomic mass is 17.2. The van der Waals surface area contributed by atoms with Gasteiger partial charge in [-0.2, -0.15) is 0 Å². The quantitative estimate of drug-likeness (QED) is 0.0176. The Hall–Kier alpha value is -4.68. The third-order valence-electron chi connectivity index (χ3n) is 24.6. The zero-order valence-corrected chi connectivity index (χ0v) is 73.6. The van der Waals surface area contributed by atoms with E-state index < -0.39 is 326 Å². The third kappa shape index (κ3) is 27.5. The maximum Gasteiger partial charge on any atom is 0.333 e. The lowest BCUT2D eigenvalue weighted by molar-refractivity contribution is -0.484. The summed E-state index contributed by atoms with van der Waals surface area (Å²) in [6.45, 7) is 13.9. The third-order valence-corrected chi connectivity index (χ3v) is 24.6. The van der Waals surface area contributed by atoms with Crippen LogP contribution in [-0.2, 0) is 129 Å². The first kappa shape index (κ1) is 107. The number of ether oxygens (including phenoxy) is 19. The summed E-state index contributed by atoms with van der Waals surface area (Å²) >= 11 is 0. The first-order valence-electron chi connectivity index (χ1n) is 44.1. The molecule has 0 saturated carbocycles. The summed E-state index contributed by atoms with van der Waals surface area (Å²) in [5.74, 6) is -11.1.